The number of hydrogen-bond donors (Lipinski definition) is 2. The zero-order valence-electron chi connectivity index (χ0n) is 4.27. The second-order valence-electron chi connectivity index (χ2n) is 1.17. The van der Waals surface area contributed by atoms with Crippen LogP contribution in [0.15, 0.2) is 0 Å². The van der Waals surface area contributed by atoms with Crippen molar-refractivity contribution in [1.29, 1.82) is 0 Å². The fourth-order valence-corrected chi connectivity index (χ4v) is 0.232. The molecule has 4 heteroatoms. The van der Waals surface area contributed by atoms with Gasteiger partial charge in [-0.05, 0) is 6.54 Å². The van der Waals surface area contributed by atoms with Gasteiger partial charge in [0.05, 0.1) is 15.0 Å². The Hall–Kier alpha value is -0.505. The van der Waals surface area contributed by atoms with Crippen molar-refractivity contribution in [2.75, 3.05) is 13.1 Å². The first-order valence-electron chi connectivity index (χ1n) is 2.20. The number of hydrogen-bond acceptors (Lipinski definition) is 2. The highest BCUT2D eigenvalue weighted by Gasteiger charge is 1.88. The van der Waals surface area contributed by atoms with Gasteiger partial charge in [0, 0.05) is 0 Å². The smallest absolute Gasteiger partial charge is 0.317 e. The first-order chi connectivity index (χ1) is 3.27. The first kappa shape index (κ1) is 10.5. The Morgan fingerprint density at radius 3 is 2.38 bits per heavy atom. The molecule has 0 aliphatic heterocycles. The summed E-state index contributed by atoms with van der Waals surface area (Å²) < 4.78 is 0. The topological polar surface area (TPSA) is 49.3 Å². The fourth-order valence-electron chi connectivity index (χ4n) is 0.232. The van der Waals surface area contributed by atoms with Crippen LogP contribution >= 0.6 is 0 Å². The molecule has 0 aromatic heterocycles. The van der Waals surface area contributed by atoms with Gasteiger partial charge in [0.15, 0.2) is 0 Å². The molecule has 0 aromatic carbocycles. The lowest BCUT2D eigenvalue weighted by molar-refractivity contribution is -0.135. The van der Waals surface area contributed by atoms with Crippen LogP contribution in [-0.2, 0) is 4.79 Å². The molecule has 0 aromatic rings. The molecule has 0 spiro atoms. The molecule has 0 rings (SSSR count). The van der Waals surface area contributed by atoms with Gasteiger partial charge in [-0.2, -0.15) is 0 Å². The van der Waals surface area contributed by atoms with Gasteiger partial charge in [0.25, 0.3) is 0 Å². The van der Waals surface area contributed by atoms with Gasteiger partial charge in [-0.25, -0.2) is 0 Å². The molecule has 3 nitrogen and oxygen atoms in total. The lowest BCUT2D eigenvalue weighted by Gasteiger charge is -1.90. The average Bonchev–Trinajstić information content (AvgIpc) is 1.61. The summed E-state index contributed by atoms with van der Waals surface area (Å²) >= 11 is 0. The van der Waals surface area contributed by atoms with E-state index in [4.69, 9.17) is 5.11 Å². The van der Waals surface area contributed by atoms with Crippen LogP contribution in [0.2, 0.25) is 0 Å². The highest BCUT2D eigenvalue weighted by atomic mass is 16.4. The second-order valence-corrected chi connectivity index (χ2v) is 1.17. The molecule has 0 fully saturated rings. The summed E-state index contributed by atoms with van der Waals surface area (Å²) in [6, 6.07) is 0. The standard InChI is InChI=1S/C4H9NO2.BH3/c1-2-5-3-4(6)7;/h5H,2-3H2,1H3,(H,6,7);1H3. The largest absolute Gasteiger partial charge is 0.480 e. The van der Waals surface area contributed by atoms with Gasteiger partial charge in [-0.1, -0.05) is 6.92 Å². The molecule has 0 amide bonds. The number of carboxylic acid groups (broad SMARTS) is 1. The zero-order chi connectivity index (χ0) is 5.70. The average molecular weight is 117 g/mol. The molecule has 0 aliphatic rings. The Kier molecular flexibility index (Phi) is 8.50. The minimum atomic E-state index is -0.804. The van der Waals surface area contributed by atoms with Crippen molar-refractivity contribution >= 4 is 14.4 Å². The van der Waals surface area contributed by atoms with E-state index in [-0.39, 0.29) is 15.0 Å². The third-order valence-electron chi connectivity index (χ3n) is 0.526. The number of rotatable bonds is 3. The summed E-state index contributed by atoms with van der Waals surface area (Å²) in [5, 5.41) is 10.6. The minimum absolute atomic E-state index is 0. The Balaban J connectivity index is 0. The van der Waals surface area contributed by atoms with E-state index in [1.807, 2.05) is 6.92 Å². The third-order valence-corrected chi connectivity index (χ3v) is 0.526. The van der Waals surface area contributed by atoms with E-state index in [0.29, 0.717) is 6.54 Å². The molecular formula is C4H12BNO2. The van der Waals surface area contributed by atoms with E-state index in [2.05, 4.69) is 5.32 Å². The number of carbonyl (C=O) groups is 1. The Labute approximate surface area is 50.7 Å². The van der Waals surface area contributed by atoms with E-state index < -0.39 is 5.97 Å². The molecule has 0 unspecified atom stereocenters. The van der Waals surface area contributed by atoms with Gasteiger partial charge in [-0.3, -0.25) is 4.79 Å². The third kappa shape index (κ3) is 9.09. The molecule has 0 bridgehead atoms. The van der Waals surface area contributed by atoms with Crippen molar-refractivity contribution in [3.05, 3.63) is 0 Å². The summed E-state index contributed by atoms with van der Waals surface area (Å²) in [6.45, 7) is 2.64. The molecule has 48 valence electrons. The van der Waals surface area contributed by atoms with Crippen LogP contribution in [0, 0.1) is 0 Å². The van der Waals surface area contributed by atoms with Crippen LogP contribution in [0.5, 0.6) is 0 Å². The molecule has 0 saturated heterocycles. The molecule has 0 radical (unpaired) electrons. The predicted molar refractivity (Wildman–Crippen MR) is 36.1 cm³/mol. The molecule has 0 aliphatic carbocycles. The van der Waals surface area contributed by atoms with E-state index in [9.17, 15) is 4.79 Å². The van der Waals surface area contributed by atoms with Crippen LogP contribution in [-0.4, -0.2) is 32.6 Å². The van der Waals surface area contributed by atoms with Crippen molar-refractivity contribution in [3.63, 3.8) is 0 Å². The van der Waals surface area contributed by atoms with Gasteiger partial charge >= 0.3 is 5.97 Å². The molecule has 2 N–H and O–H groups in total. The minimum Gasteiger partial charge on any atom is -0.480 e. The summed E-state index contributed by atoms with van der Waals surface area (Å²) in [4.78, 5) is 9.70. The molecular weight excluding hydrogens is 105 g/mol. The van der Waals surface area contributed by atoms with Crippen molar-refractivity contribution in [1.82, 2.24) is 5.32 Å². The summed E-state index contributed by atoms with van der Waals surface area (Å²) in [5.74, 6) is -0.804. The van der Waals surface area contributed by atoms with Crippen LogP contribution in [0.25, 0.3) is 0 Å². The summed E-state index contributed by atoms with van der Waals surface area (Å²) in [5.41, 5.74) is 0. The van der Waals surface area contributed by atoms with Crippen LogP contribution in [0.3, 0.4) is 0 Å². The van der Waals surface area contributed by atoms with E-state index in [1.165, 1.54) is 0 Å². The predicted octanol–water partition coefficient (Wildman–Crippen LogP) is -1.50. The highest BCUT2D eigenvalue weighted by molar-refractivity contribution is 5.75. The second kappa shape index (κ2) is 6.49. The van der Waals surface area contributed by atoms with Crippen molar-refractivity contribution in [2.24, 2.45) is 0 Å². The number of carboxylic acids is 1. The molecule has 0 atom stereocenters. The van der Waals surface area contributed by atoms with Gasteiger partial charge < -0.3 is 10.4 Å². The maximum absolute atomic E-state index is 9.70. The van der Waals surface area contributed by atoms with Crippen LogP contribution < -0.4 is 5.32 Å². The summed E-state index contributed by atoms with van der Waals surface area (Å²) in [6.07, 6.45) is 0. The fraction of sp³-hybridized carbons (Fsp3) is 0.750. The number of likely N-dealkylation sites (N-methyl/N-ethyl adjacent to an activating group) is 1. The number of aliphatic carboxylic acids is 1. The highest BCUT2D eigenvalue weighted by Crippen LogP contribution is 1.56. The molecule has 0 saturated carbocycles. The molecule has 8 heavy (non-hydrogen) atoms. The Morgan fingerprint density at radius 1 is 1.75 bits per heavy atom. The van der Waals surface area contributed by atoms with E-state index >= 15 is 0 Å². The summed E-state index contributed by atoms with van der Waals surface area (Å²) in [7, 11) is 0. The monoisotopic (exact) mass is 117 g/mol. The van der Waals surface area contributed by atoms with Crippen LogP contribution in [0.4, 0.5) is 0 Å². The van der Waals surface area contributed by atoms with Crippen molar-refractivity contribution in [3.8, 4) is 0 Å². The van der Waals surface area contributed by atoms with Gasteiger partial charge in [0.2, 0.25) is 0 Å². The van der Waals surface area contributed by atoms with E-state index in [0.717, 1.165) is 0 Å². The van der Waals surface area contributed by atoms with Crippen LogP contribution in [0.1, 0.15) is 6.92 Å². The van der Waals surface area contributed by atoms with Crippen molar-refractivity contribution in [2.45, 2.75) is 6.92 Å². The zero-order valence-corrected chi connectivity index (χ0v) is 4.27. The maximum Gasteiger partial charge on any atom is 0.317 e. The molecule has 0 heterocycles. The lowest BCUT2D eigenvalue weighted by atomic mass is 10.6. The first-order valence-corrected chi connectivity index (χ1v) is 2.20. The van der Waals surface area contributed by atoms with Crippen molar-refractivity contribution < 1.29 is 9.90 Å². The van der Waals surface area contributed by atoms with E-state index in [1.54, 1.807) is 0 Å². The van der Waals surface area contributed by atoms with Gasteiger partial charge in [-0.15, -0.1) is 0 Å². The SMILES string of the molecule is B.CCNCC(=O)O. The quantitative estimate of drug-likeness (QED) is 0.442. The Morgan fingerprint density at radius 2 is 2.25 bits per heavy atom. The van der Waals surface area contributed by atoms with Gasteiger partial charge in [0.1, 0.15) is 0 Å². The Bertz CT molecular complexity index is 67.1. The normalized spacial score (nSPS) is 7.62. The number of nitrogens with one attached hydrogen (secondary N) is 1. The maximum atomic E-state index is 9.70. The lowest BCUT2D eigenvalue weighted by Crippen LogP contribution is -2.21.